The van der Waals surface area contributed by atoms with Crippen molar-refractivity contribution in [3.63, 3.8) is 0 Å². The molecule has 0 aliphatic rings. The van der Waals surface area contributed by atoms with Crippen LogP contribution in [0, 0.1) is 18.3 Å². The van der Waals surface area contributed by atoms with E-state index in [2.05, 4.69) is 5.32 Å². The molecular formula is C19H18ClN3O2. The van der Waals surface area contributed by atoms with Gasteiger partial charge in [0.15, 0.2) is 0 Å². The summed E-state index contributed by atoms with van der Waals surface area (Å²) < 4.78 is 0. The number of rotatable bonds is 5. The average molecular weight is 356 g/mol. The summed E-state index contributed by atoms with van der Waals surface area (Å²) in [6, 6.07) is 14.0. The van der Waals surface area contributed by atoms with Gasteiger partial charge in [0.2, 0.25) is 11.8 Å². The molecule has 0 saturated carbocycles. The van der Waals surface area contributed by atoms with Gasteiger partial charge in [-0.3, -0.25) is 9.59 Å². The molecule has 0 unspecified atom stereocenters. The topological polar surface area (TPSA) is 73.2 Å². The van der Waals surface area contributed by atoms with Crippen LogP contribution in [-0.2, 0) is 9.59 Å². The second-order valence-electron chi connectivity index (χ2n) is 5.59. The van der Waals surface area contributed by atoms with Crippen LogP contribution in [0.1, 0.15) is 24.5 Å². The summed E-state index contributed by atoms with van der Waals surface area (Å²) >= 11 is 5.95. The van der Waals surface area contributed by atoms with Gasteiger partial charge in [0.1, 0.15) is 0 Å². The van der Waals surface area contributed by atoms with Gasteiger partial charge in [-0.25, -0.2) is 0 Å². The molecule has 5 nitrogen and oxygen atoms in total. The zero-order chi connectivity index (χ0) is 18.4. The minimum Gasteiger partial charge on any atom is -0.326 e. The minimum atomic E-state index is -0.215. The van der Waals surface area contributed by atoms with Gasteiger partial charge in [-0.1, -0.05) is 23.7 Å². The lowest BCUT2D eigenvalue weighted by molar-refractivity contribution is -0.117. The first-order chi connectivity index (χ1) is 11.9. The van der Waals surface area contributed by atoms with Gasteiger partial charge < -0.3 is 10.2 Å². The molecule has 25 heavy (non-hydrogen) atoms. The largest absolute Gasteiger partial charge is 0.326 e. The Morgan fingerprint density at radius 1 is 1.24 bits per heavy atom. The summed E-state index contributed by atoms with van der Waals surface area (Å²) in [4.78, 5) is 25.6. The Labute approximate surface area is 151 Å². The molecule has 2 aromatic rings. The lowest BCUT2D eigenvalue weighted by atomic mass is 10.2. The number of amides is 2. The first-order valence-corrected chi connectivity index (χ1v) is 8.13. The number of nitrogens with zero attached hydrogens (tertiary/aromatic N) is 2. The molecule has 0 aliphatic heterocycles. The predicted octanol–water partition coefficient (Wildman–Crippen LogP) is 3.90. The summed E-state index contributed by atoms with van der Waals surface area (Å²) in [5.41, 5.74) is 2.61. The van der Waals surface area contributed by atoms with E-state index in [9.17, 15) is 9.59 Å². The van der Waals surface area contributed by atoms with Crippen LogP contribution in [0.25, 0.3) is 0 Å². The second kappa shape index (κ2) is 8.32. The Balaban J connectivity index is 2.06. The fraction of sp³-hybridized carbons (Fsp3) is 0.211. The van der Waals surface area contributed by atoms with Crippen molar-refractivity contribution in [2.24, 2.45) is 0 Å². The number of benzene rings is 2. The molecule has 128 valence electrons. The van der Waals surface area contributed by atoms with E-state index in [-0.39, 0.29) is 24.8 Å². The summed E-state index contributed by atoms with van der Waals surface area (Å²) in [5, 5.41) is 12.3. The molecule has 1 N–H and O–H groups in total. The first-order valence-electron chi connectivity index (χ1n) is 7.75. The highest BCUT2D eigenvalue weighted by molar-refractivity contribution is 6.31. The summed E-state index contributed by atoms with van der Waals surface area (Å²) in [5.74, 6) is -0.408. The van der Waals surface area contributed by atoms with E-state index in [1.54, 1.807) is 36.4 Å². The maximum absolute atomic E-state index is 12.2. The van der Waals surface area contributed by atoms with Crippen molar-refractivity contribution in [3.8, 4) is 6.07 Å². The number of halogens is 1. The lowest BCUT2D eigenvalue weighted by Crippen LogP contribution is -2.32. The molecule has 0 atom stereocenters. The third-order valence-corrected chi connectivity index (χ3v) is 3.94. The third-order valence-electron chi connectivity index (χ3n) is 3.70. The number of carbonyl (C=O) groups excluding carboxylic acids is 2. The second-order valence-corrected chi connectivity index (χ2v) is 6.03. The van der Waals surface area contributed by atoms with E-state index in [0.717, 1.165) is 5.56 Å². The van der Waals surface area contributed by atoms with Crippen LogP contribution in [0.15, 0.2) is 42.5 Å². The van der Waals surface area contributed by atoms with Crippen LogP contribution in [0.4, 0.5) is 11.4 Å². The van der Waals surface area contributed by atoms with Gasteiger partial charge in [-0.05, 0) is 42.8 Å². The van der Waals surface area contributed by atoms with Crippen molar-refractivity contribution < 1.29 is 9.59 Å². The molecule has 0 bridgehead atoms. The predicted molar refractivity (Wildman–Crippen MR) is 98.6 cm³/mol. The number of nitriles is 1. The zero-order valence-corrected chi connectivity index (χ0v) is 14.8. The van der Waals surface area contributed by atoms with Gasteiger partial charge in [-0.15, -0.1) is 0 Å². The number of anilines is 2. The van der Waals surface area contributed by atoms with Crippen LogP contribution in [-0.4, -0.2) is 18.4 Å². The molecule has 0 fully saturated rings. The van der Waals surface area contributed by atoms with E-state index in [1.165, 1.54) is 11.8 Å². The number of nitrogens with one attached hydrogen (secondary N) is 1. The quantitative estimate of drug-likeness (QED) is 0.883. The molecule has 0 radical (unpaired) electrons. The number of hydrogen-bond acceptors (Lipinski definition) is 3. The van der Waals surface area contributed by atoms with Crippen molar-refractivity contribution in [1.29, 1.82) is 5.26 Å². The zero-order valence-electron chi connectivity index (χ0n) is 14.0. The molecule has 2 aromatic carbocycles. The van der Waals surface area contributed by atoms with Crippen LogP contribution < -0.4 is 10.2 Å². The average Bonchev–Trinajstić information content (AvgIpc) is 2.58. The molecule has 0 aromatic heterocycles. The normalized spacial score (nSPS) is 10.0. The Morgan fingerprint density at radius 2 is 2.00 bits per heavy atom. The molecule has 2 rings (SSSR count). The van der Waals surface area contributed by atoms with Gasteiger partial charge in [-0.2, -0.15) is 5.26 Å². The van der Waals surface area contributed by atoms with Crippen molar-refractivity contribution in [2.45, 2.75) is 20.3 Å². The lowest BCUT2D eigenvalue weighted by Gasteiger charge is -2.21. The monoisotopic (exact) mass is 355 g/mol. The van der Waals surface area contributed by atoms with Crippen LogP contribution in [0.5, 0.6) is 0 Å². The van der Waals surface area contributed by atoms with Crippen molar-refractivity contribution in [1.82, 2.24) is 0 Å². The fourth-order valence-corrected chi connectivity index (χ4v) is 2.54. The molecular weight excluding hydrogens is 338 g/mol. The van der Waals surface area contributed by atoms with Crippen molar-refractivity contribution in [2.75, 3.05) is 16.8 Å². The maximum atomic E-state index is 12.2. The highest BCUT2D eigenvalue weighted by Crippen LogP contribution is 2.21. The summed E-state index contributed by atoms with van der Waals surface area (Å²) in [7, 11) is 0. The molecule has 0 spiro atoms. The molecule has 2 amide bonds. The fourth-order valence-electron chi connectivity index (χ4n) is 2.37. The number of carbonyl (C=O) groups is 2. The number of hydrogen-bond donors (Lipinski definition) is 1. The van der Waals surface area contributed by atoms with E-state index in [0.29, 0.717) is 22.0 Å². The SMILES string of the molecule is CC(=O)N(CCC(=O)Nc1cc(Cl)ccc1C)c1cccc(C#N)c1. The molecule has 0 heterocycles. The Bertz CT molecular complexity index is 843. The van der Waals surface area contributed by atoms with E-state index in [4.69, 9.17) is 16.9 Å². The maximum Gasteiger partial charge on any atom is 0.226 e. The summed E-state index contributed by atoms with van der Waals surface area (Å²) in [6.07, 6.45) is 0.127. The van der Waals surface area contributed by atoms with Crippen molar-refractivity contribution in [3.05, 3.63) is 58.6 Å². The number of aryl methyl sites for hydroxylation is 1. The summed E-state index contributed by atoms with van der Waals surface area (Å²) in [6.45, 7) is 3.52. The highest BCUT2D eigenvalue weighted by Gasteiger charge is 2.14. The minimum absolute atomic E-state index is 0.127. The van der Waals surface area contributed by atoms with Crippen LogP contribution in [0.3, 0.4) is 0 Å². The third kappa shape index (κ3) is 5.07. The highest BCUT2D eigenvalue weighted by atomic mass is 35.5. The smallest absolute Gasteiger partial charge is 0.226 e. The van der Waals surface area contributed by atoms with E-state index >= 15 is 0 Å². The molecule has 6 heteroatoms. The van der Waals surface area contributed by atoms with E-state index in [1.807, 2.05) is 19.1 Å². The van der Waals surface area contributed by atoms with Gasteiger partial charge in [0, 0.05) is 36.3 Å². The van der Waals surface area contributed by atoms with Gasteiger partial charge in [0.25, 0.3) is 0 Å². The molecule has 0 saturated heterocycles. The van der Waals surface area contributed by atoms with Crippen LogP contribution in [0.2, 0.25) is 5.02 Å². The van der Waals surface area contributed by atoms with Gasteiger partial charge >= 0.3 is 0 Å². The standard InChI is InChI=1S/C19H18ClN3O2/c1-13-6-7-16(20)11-18(13)22-19(25)8-9-23(14(2)24)17-5-3-4-15(10-17)12-21/h3-7,10-11H,8-9H2,1-2H3,(H,22,25). The Morgan fingerprint density at radius 3 is 2.68 bits per heavy atom. The first kappa shape index (κ1) is 18.5. The Kier molecular flexibility index (Phi) is 6.15. The van der Waals surface area contributed by atoms with Crippen LogP contribution >= 0.6 is 11.6 Å². The van der Waals surface area contributed by atoms with Gasteiger partial charge in [0.05, 0.1) is 11.6 Å². The van der Waals surface area contributed by atoms with E-state index < -0.39 is 0 Å². The Hall–Kier alpha value is -2.84. The molecule has 0 aliphatic carbocycles. The van der Waals surface area contributed by atoms with Crippen molar-refractivity contribution >= 4 is 34.8 Å².